The summed E-state index contributed by atoms with van der Waals surface area (Å²) in [6.45, 7) is 10.0. The summed E-state index contributed by atoms with van der Waals surface area (Å²) < 4.78 is 0. The molecular weight excluding hydrogens is 282 g/mol. The molecule has 1 unspecified atom stereocenters. The molecule has 1 aromatic rings. The molecule has 1 aliphatic heterocycles. The van der Waals surface area contributed by atoms with Crippen molar-refractivity contribution in [1.82, 2.24) is 9.88 Å². The summed E-state index contributed by atoms with van der Waals surface area (Å²) in [6.07, 6.45) is 1.28. The van der Waals surface area contributed by atoms with Gasteiger partial charge in [0.2, 0.25) is 0 Å². The van der Waals surface area contributed by atoms with E-state index in [1.54, 1.807) is 0 Å². The topological polar surface area (TPSA) is 19.4 Å². The third kappa shape index (κ3) is 4.33. The van der Waals surface area contributed by atoms with Crippen molar-refractivity contribution in [1.29, 1.82) is 0 Å². The first-order valence-corrected chi connectivity index (χ1v) is 8.30. The van der Waals surface area contributed by atoms with E-state index in [0.29, 0.717) is 5.88 Å². The molecule has 1 saturated heterocycles. The van der Waals surface area contributed by atoms with Crippen LogP contribution in [-0.2, 0) is 11.3 Å². The molecule has 1 aromatic heterocycles. The summed E-state index contributed by atoms with van der Waals surface area (Å²) >= 11 is 6.06. The molecule has 0 bridgehead atoms. The predicted molar refractivity (Wildman–Crippen MR) is 91.4 cm³/mol. The average molecular weight is 310 g/mol. The molecule has 0 saturated carbocycles. The smallest absolute Gasteiger partial charge is 0.128 e. The Balaban J connectivity index is 2.17. The molecule has 0 radical (unpaired) electrons. The van der Waals surface area contributed by atoms with E-state index in [9.17, 15) is 0 Å². The number of nitrogens with zero attached hydrogens (tertiary/aromatic N) is 3. The van der Waals surface area contributed by atoms with E-state index in [1.165, 1.54) is 19.5 Å². The normalized spacial score (nSPS) is 20.0. The lowest BCUT2D eigenvalue weighted by atomic mass is 9.91. The second-order valence-corrected chi connectivity index (χ2v) is 7.67. The maximum atomic E-state index is 6.06. The molecular formula is C17H28ClN3. The van der Waals surface area contributed by atoms with Crippen molar-refractivity contribution >= 4 is 17.4 Å². The Morgan fingerprint density at radius 3 is 2.62 bits per heavy atom. The van der Waals surface area contributed by atoms with Crippen LogP contribution in [0.4, 0.5) is 5.82 Å². The minimum atomic E-state index is 0.0469. The highest BCUT2D eigenvalue weighted by atomic mass is 35.5. The molecule has 1 aliphatic rings. The second-order valence-electron chi connectivity index (χ2n) is 7.40. The molecule has 2 heterocycles. The van der Waals surface area contributed by atoms with Gasteiger partial charge in [0.1, 0.15) is 5.82 Å². The summed E-state index contributed by atoms with van der Waals surface area (Å²) in [7, 11) is 4.34. The van der Waals surface area contributed by atoms with Gasteiger partial charge >= 0.3 is 0 Å². The third-order valence-electron chi connectivity index (χ3n) is 4.21. The number of aromatic nitrogens is 1. The van der Waals surface area contributed by atoms with E-state index >= 15 is 0 Å². The summed E-state index contributed by atoms with van der Waals surface area (Å²) in [5.74, 6) is 2.32. The van der Waals surface area contributed by atoms with Crippen molar-refractivity contribution in [3.05, 3.63) is 23.4 Å². The maximum Gasteiger partial charge on any atom is 0.128 e. The zero-order valence-electron chi connectivity index (χ0n) is 14.0. The number of pyridine rings is 1. The van der Waals surface area contributed by atoms with E-state index in [4.69, 9.17) is 16.6 Å². The quantitative estimate of drug-likeness (QED) is 0.794. The van der Waals surface area contributed by atoms with Gasteiger partial charge in [-0.2, -0.15) is 0 Å². The SMILES string of the molecule is CN1CCC(CN(C)c2cc(CCl)cc(C(C)(C)C)n2)C1. The summed E-state index contributed by atoms with van der Waals surface area (Å²) in [4.78, 5) is 9.56. The van der Waals surface area contributed by atoms with Gasteiger partial charge in [0, 0.05) is 37.1 Å². The van der Waals surface area contributed by atoms with Gasteiger partial charge in [0.25, 0.3) is 0 Å². The number of rotatable bonds is 4. The highest BCUT2D eigenvalue weighted by Gasteiger charge is 2.22. The van der Waals surface area contributed by atoms with E-state index in [-0.39, 0.29) is 5.41 Å². The van der Waals surface area contributed by atoms with Crippen LogP contribution in [0.15, 0.2) is 12.1 Å². The van der Waals surface area contributed by atoms with Crippen molar-refractivity contribution < 1.29 is 0 Å². The molecule has 0 aromatic carbocycles. The number of likely N-dealkylation sites (tertiary alicyclic amines) is 1. The van der Waals surface area contributed by atoms with Gasteiger partial charge in [-0.05, 0) is 43.6 Å². The number of anilines is 1. The predicted octanol–water partition coefficient (Wildman–Crippen LogP) is 3.51. The summed E-state index contributed by atoms with van der Waals surface area (Å²) in [5, 5.41) is 0. The summed E-state index contributed by atoms with van der Waals surface area (Å²) in [5.41, 5.74) is 2.32. The Bertz CT molecular complexity index is 481. The van der Waals surface area contributed by atoms with E-state index < -0.39 is 0 Å². The number of halogens is 1. The standard InChI is InChI=1S/C17H28ClN3/c1-17(2,3)15-8-14(10-18)9-16(19-15)21(5)12-13-6-7-20(4)11-13/h8-9,13H,6-7,10-12H2,1-5H3. The monoisotopic (exact) mass is 309 g/mol. The fourth-order valence-electron chi connectivity index (χ4n) is 2.88. The van der Waals surface area contributed by atoms with Crippen LogP contribution in [0.25, 0.3) is 0 Å². The van der Waals surface area contributed by atoms with Gasteiger partial charge in [-0.1, -0.05) is 20.8 Å². The van der Waals surface area contributed by atoms with Crippen LogP contribution in [0.1, 0.15) is 38.4 Å². The van der Waals surface area contributed by atoms with Crippen molar-refractivity contribution in [3.63, 3.8) is 0 Å². The van der Waals surface area contributed by atoms with Crippen LogP contribution in [0.2, 0.25) is 0 Å². The molecule has 1 fully saturated rings. The van der Waals surface area contributed by atoms with Crippen LogP contribution < -0.4 is 4.90 Å². The Kier molecular flexibility index (Phi) is 5.15. The van der Waals surface area contributed by atoms with Crippen molar-refractivity contribution in [2.75, 3.05) is 38.6 Å². The van der Waals surface area contributed by atoms with Crippen LogP contribution in [-0.4, -0.2) is 43.6 Å². The Hall–Kier alpha value is -0.800. The molecule has 0 amide bonds. The lowest BCUT2D eigenvalue weighted by Crippen LogP contribution is -2.28. The lowest BCUT2D eigenvalue weighted by Gasteiger charge is -2.26. The van der Waals surface area contributed by atoms with Crippen LogP contribution in [0.3, 0.4) is 0 Å². The molecule has 118 valence electrons. The molecule has 21 heavy (non-hydrogen) atoms. The zero-order chi connectivity index (χ0) is 15.6. The minimum absolute atomic E-state index is 0.0469. The molecule has 4 heteroatoms. The molecule has 3 nitrogen and oxygen atoms in total. The van der Waals surface area contributed by atoms with E-state index in [0.717, 1.165) is 29.5 Å². The fourth-order valence-corrected chi connectivity index (χ4v) is 3.04. The van der Waals surface area contributed by atoms with Crippen molar-refractivity contribution in [2.24, 2.45) is 5.92 Å². The molecule has 0 aliphatic carbocycles. The van der Waals surface area contributed by atoms with E-state index in [1.807, 2.05) is 0 Å². The highest BCUT2D eigenvalue weighted by Crippen LogP contribution is 2.26. The van der Waals surface area contributed by atoms with E-state index in [2.05, 4.69) is 56.8 Å². The number of hydrogen-bond acceptors (Lipinski definition) is 3. The maximum absolute atomic E-state index is 6.06. The lowest BCUT2D eigenvalue weighted by molar-refractivity contribution is 0.395. The van der Waals surface area contributed by atoms with Crippen molar-refractivity contribution in [2.45, 2.75) is 38.5 Å². The first-order valence-electron chi connectivity index (χ1n) is 7.76. The van der Waals surface area contributed by atoms with Gasteiger partial charge in [-0.25, -0.2) is 4.98 Å². The molecule has 0 N–H and O–H groups in total. The molecule has 2 rings (SSSR count). The average Bonchev–Trinajstić information content (AvgIpc) is 2.82. The Labute approximate surface area is 134 Å². The van der Waals surface area contributed by atoms with Crippen LogP contribution >= 0.6 is 11.6 Å². The van der Waals surface area contributed by atoms with Gasteiger partial charge in [0.15, 0.2) is 0 Å². The highest BCUT2D eigenvalue weighted by molar-refractivity contribution is 6.17. The third-order valence-corrected chi connectivity index (χ3v) is 4.52. The largest absolute Gasteiger partial charge is 0.359 e. The van der Waals surface area contributed by atoms with Gasteiger partial charge in [-0.15, -0.1) is 11.6 Å². The first kappa shape index (κ1) is 16.6. The zero-order valence-corrected chi connectivity index (χ0v) is 14.7. The first-order chi connectivity index (χ1) is 9.79. The molecule has 1 atom stereocenters. The van der Waals surface area contributed by atoms with Crippen LogP contribution in [0, 0.1) is 5.92 Å². The van der Waals surface area contributed by atoms with Gasteiger partial charge in [-0.3, -0.25) is 0 Å². The minimum Gasteiger partial charge on any atom is -0.359 e. The number of alkyl halides is 1. The van der Waals surface area contributed by atoms with Crippen molar-refractivity contribution in [3.8, 4) is 0 Å². The molecule has 0 spiro atoms. The van der Waals surface area contributed by atoms with Crippen LogP contribution in [0.5, 0.6) is 0 Å². The fraction of sp³-hybridized carbons (Fsp3) is 0.706. The Morgan fingerprint density at radius 2 is 2.10 bits per heavy atom. The van der Waals surface area contributed by atoms with Gasteiger partial charge < -0.3 is 9.80 Å². The van der Waals surface area contributed by atoms with Gasteiger partial charge in [0.05, 0.1) is 0 Å². The second kappa shape index (κ2) is 6.53. The number of hydrogen-bond donors (Lipinski definition) is 0. The summed E-state index contributed by atoms with van der Waals surface area (Å²) in [6, 6.07) is 4.26. The Morgan fingerprint density at radius 1 is 1.38 bits per heavy atom.